The summed E-state index contributed by atoms with van der Waals surface area (Å²) in [5.74, 6) is 0.569. The number of nitrogens with zero attached hydrogens (tertiary/aromatic N) is 5. The van der Waals surface area contributed by atoms with Crippen LogP contribution in [-0.2, 0) is 19.0 Å². The normalized spacial score (nSPS) is 11.8. The first-order chi connectivity index (χ1) is 9.35. The summed E-state index contributed by atoms with van der Waals surface area (Å²) in [7, 11) is 0. The van der Waals surface area contributed by atoms with Crippen LogP contribution in [0.25, 0.3) is 5.82 Å². The van der Waals surface area contributed by atoms with E-state index >= 15 is 0 Å². The summed E-state index contributed by atoms with van der Waals surface area (Å²) in [5, 5.41) is 4.13. The SMILES string of the molecule is CCc1nc(CC)n(-c2cc(C(F)(F)F)nc(N)n2)n1. The molecule has 0 aliphatic rings. The van der Waals surface area contributed by atoms with Crippen molar-refractivity contribution in [2.45, 2.75) is 32.9 Å². The first-order valence-corrected chi connectivity index (χ1v) is 6.02. The Morgan fingerprint density at radius 1 is 1.15 bits per heavy atom. The molecule has 6 nitrogen and oxygen atoms in total. The fourth-order valence-electron chi connectivity index (χ4n) is 1.66. The molecule has 0 saturated heterocycles. The van der Waals surface area contributed by atoms with E-state index in [1.807, 2.05) is 13.8 Å². The molecule has 0 unspecified atom stereocenters. The highest BCUT2D eigenvalue weighted by atomic mass is 19.4. The van der Waals surface area contributed by atoms with Crippen molar-refractivity contribution in [3.8, 4) is 5.82 Å². The molecule has 2 aromatic heterocycles. The highest BCUT2D eigenvalue weighted by molar-refractivity contribution is 5.33. The van der Waals surface area contributed by atoms with Crippen LogP contribution in [0.1, 0.15) is 31.2 Å². The molecule has 0 amide bonds. The lowest BCUT2D eigenvalue weighted by Crippen LogP contribution is -2.14. The smallest absolute Gasteiger partial charge is 0.368 e. The Kier molecular flexibility index (Phi) is 3.60. The highest BCUT2D eigenvalue weighted by Gasteiger charge is 2.34. The average molecular weight is 286 g/mol. The van der Waals surface area contributed by atoms with Crippen LogP contribution in [0.2, 0.25) is 0 Å². The Balaban J connectivity index is 2.58. The van der Waals surface area contributed by atoms with Crippen LogP contribution in [0.15, 0.2) is 6.07 Å². The van der Waals surface area contributed by atoms with Crippen LogP contribution in [0.3, 0.4) is 0 Å². The zero-order valence-electron chi connectivity index (χ0n) is 10.9. The van der Waals surface area contributed by atoms with Gasteiger partial charge in [0, 0.05) is 18.9 Å². The van der Waals surface area contributed by atoms with E-state index in [1.165, 1.54) is 4.68 Å². The van der Waals surface area contributed by atoms with Crippen LogP contribution < -0.4 is 5.73 Å². The van der Waals surface area contributed by atoms with Gasteiger partial charge in [-0.25, -0.2) is 9.97 Å². The van der Waals surface area contributed by atoms with Gasteiger partial charge >= 0.3 is 6.18 Å². The van der Waals surface area contributed by atoms with Gasteiger partial charge in [-0.15, -0.1) is 5.10 Å². The summed E-state index contributed by atoms with van der Waals surface area (Å²) in [4.78, 5) is 11.2. The first kappa shape index (κ1) is 14.2. The minimum atomic E-state index is -4.59. The summed E-state index contributed by atoms with van der Waals surface area (Å²) in [5.41, 5.74) is 4.24. The van der Waals surface area contributed by atoms with E-state index in [1.54, 1.807) is 0 Å². The average Bonchev–Trinajstić information content (AvgIpc) is 2.80. The van der Waals surface area contributed by atoms with Crippen LogP contribution in [0.4, 0.5) is 19.1 Å². The summed E-state index contributed by atoms with van der Waals surface area (Å²) < 4.78 is 39.4. The third-order valence-electron chi connectivity index (χ3n) is 2.59. The van der Waals surface area contributed by atoms with Gasteiger partial charge in [-0.1, -0.05) is 13.8 Å². The van der Waals surface area contributed by atoms with E-state index in [0.29, 0.717) is 24.5 Å². The molecule has 0 saturated carbocycles. The Morgan fingerprint density at radius 3 is 2.40 bits per heavy atom. The third-order valence-corrected chi connectivity index (χ3v) is 2.59. The maximum Gasteiger partial charge on any atom is 0.433 e. The quantitative estimate of drug-likeness (QED) is 0.930. The van der Waals surface area contributed by atoms with Gasteiger partial charge in [0.05, 0.1) is 0 Å². The number of aryl methyl sites for hydroxylation is 2. The molecule has 0 atom stereocenters. The van der Waals surface area contributed by atoms with Gasteiger partial charge in [0.1, 0.15) is 5.82 Å². The van der Waals surface area contributed by atoms with E-state index in [2.05, 4.69) is 20.1 Å². The minimum absolute atomic E-state index is 0.0334. The molecule has 108 valence electrons. The maximum absolute atomic E-state index is 12.7. The number of rotatable bonds is 3. The van der Waals surface area contributed by atoms with E-state index < -0.39 is 17.8 Å². The number of aromatic nitrogens is 5. The number of halogens is 3. The van der Waals surface area contributed by atoms with Crippen LogP contribution in [0.5, 0.6) is 0 Å². The molecular formula is C11H13F3N6. The predicted octanol–water partition coefficient (Wildman–Crippen LogP) is 1.78. The summed E-state index contributed by atoms with van der Waals surface area (Å²) in [6.07, 6.45) is -3.50. The largest absolute Gasteiger partial charge is 0.433 e. The van der Waals surface area contributed by atoms with Crippen molar-refractivity contribution in [2.75, 3.05) is 5.73 Å². The molecular weight excluding hydrogens is 273 g/mol. The topological polar surface area (TPSA) is 82.5 Å². The van der Waals surface area contributed by atoms with Crippen LogP contribution in [0, 0.1) is 0 Å². The van der Waals surface area contributed by atoms with Gasteiger partial charge in [0.15, 0.2) is 17.3 Å². The Bertz CT molecular complexity index is 619. The van der Waals surface area contributed by atoms with Crippen molar-refractivity contribution in [3.05, 3.63) is 23.4 Å². The zero-order chi connectivity index (χ0) is 14.9. The predicted molar refractivity (Wildman–Crippen MR) is 65.1 cm³/mol. The molecule has 0 aliphatic heterocycles. The molecule has 0 spiro atoms. The molecule has 2 rings (SSSR count). The second-order valence-electron chi connectivity index (χ2n) is 4.03. The minimum Gasteiger partial charge on any atom is -0.368 e. The second kappa shape index (κ2) is 5.06. The number of nitrogens with two attached hydrogens (primary N) is 1. The van der Waals surface area contributed by atoms with E-state index in [9.17, 15) is 13.2 Å². The lowest BCUT2D eigenvalue weighted by molar-refractivity contribution is -0.141. The standard InChI is InChI=1S/C11H13F3N6/c1-3-7-17-8(4-2)20(19-7)9-5-6(11(12,13)14)16-10(15)18-9/h5H,3-4H2,1-2H3,(H2,15,16,18). The van der Waals surface area contributed by atoms with E-state index in [-0.39, 0.29) is 5.82 Å². The molecule has 2 aromatic rings. The fourth-order valence-corrected chi connectivity index (χ4v) is 1.66. The van der Waals surface area contributed by atoms with Crippen LogP contribution in [-0.4, -0.2) is 24.7 Å². The lowest BCUT2D eigenvalue weighted by atomic mass is 10.3. The summed E-state index contributed by atoms with van der Waals surface area (Å²) in [6.45, 7) is 3.68. The molecule has 0 aliphatic carbocycles. The molecule has 20 heavy (non-hydrogen) atoms. The molecule has 2 N–H and O–H groups in total. The van der Waals surface area contributed by atoms with E-state index in [4.69, 9.17) is 5.73 Å². The molecule has 0 radical (unpaired) electrons. The van der Waals surface area contributed by atoms with Gasteiger partial charge in [0.25, 0.3) is 0 Å². The van der Waals surface area contributed by atoms with Crippen molar-refractivity contribution < 1.29 is 13.2 Å². The van der Waals surface area contributed by atoms with Gasteiger partial charge in [0.2, 0.25) is 5.95 Å². The zero-order valence-corrected chi connectivity index (χ0v) is 10.9. The fraction of sp³-hybridized carbons (Fsp3) is 0.455. The van der Waals surface area contributed by atoms with Crippen molar-refractivity contribution in [1.82, 2.24) is 24.7 Å². The van der Waals surface area contributed by atoms with Crippen molar-refractivity contribution in [2.24, 2.45) is 0 Å². The lowest BCUT2D eigenvalue weighted by Gasteiger charge is -2.09. The number of anilines is 1. The number of hydrogen-bond acceptors (Lipinski definition) is 5. The monoisotopic (exact) mass is 286 g/mol. The van der Waals surface area contributed by atoms with Gasteiger partial charge in [-0.05, 0) is 0 Å². The van der Waals surface area contributed by atoms with Crippen molar-refractivity contribution >= 4 is 5.95 Å². The maximum atomic E-state index is 12.7. The third kappa shape index (κ3) is 2.70. The van der Waals surface area contributed by atoms with E-state index in [0.717, 1.165) is 6.07 Å². The molecule has 0 bridgehead atoms. The summed E-state index contributed by atoms with van der Waals surface area (Å²) >= 11 is 0. The number of hydrogen-bond donors (Lipinski definition) is 1. The molecule has 0 fully saturated rings. The van der Waals surface area contributed by atoms with Gasteiger partial charge in [-0.2, -0.15) is 22.8 Å². The van der Waals surface area contributed by atoms with Crippen molar-refractivity contribution in [1.29, 1.82) is 0 Å². The Hall–Kier alpha value is -2.19. The molecule has 9 heteroatoms. The van der Waals surface area contributed by atoms with Crippen LogP contribution >= 0.6 is 0 Å². The number of alkyl halides is 3. The Labute approximate surface area is 112 Å². The molecule has 2 heterocycles. The first-order valence-electron chi connectivity index (χ1n) is 6.02. The summed E-state index contributed by atoms with van der Waals surface area (Å²) in [6, 6.07) is 0.809. The van der Waals surface area contributed by atoms with Gasteiger partial charge in [-0.3, -0.25) is 0 Å². The van der Waals surface area contributed by atoms with Gasteiger partial charge < -0.3 is 5.73 Å². The Morgan fingerprint density at radius 2 is 1.85 bits per heavy atom. The highest BCUT2D eigenvalue weighted by Crippen LogP contribution is 2.29. The second-order valence-corrected chi connectivity index (χ2v) is 4.03. The van der Waals surface area contributed by atoms with Crippen molar-refractivity contribution in [3.63, 3.8) is 0 Å². The molecule has 0 aromatic carbocycles. The number of nitrogen functional groups attached to an aromatic ring is 1.